The first kappa shape index (κ1) is 23.9. The van der Waals surface area contributed by atoms with Crippen molar-refractivity contribution in [1.29, 1.82) is 0 Å². The molecule has 1 N–H and O–H groups in total. The fourth-order valence-corrected chi connectivity index (χ4v) is 5.22. The molecule has 0 bridgehead atoms. The van der Waals surface area contributed by atoms with Gasteiger partial charge in [0, 0.05) is 28.1 Å². The molecular formula is C28H24BrFN4O2. The molecule has 0 aliphatic carbocycles. The minimum Gasteiger partial charge on any atom is -0.339 e. The maximum atomic E-state index is 14.0. The highest BCUT2D eigenvalue weighted by molar-refractivity contribution is 9.10. The Morgan fingerprint density at radius 2 is 1.78 bits per heavy atom. The second kappa shape index (κ2) is 9.70. The highest BCUT2D eigenvalue weighted by Gasteiger charge is 2.45. The summed E-state index contributed by atoms with van der Waals surface area (Å²) in [4.78, 5) is 28.9. The van der Waals surface area contributed by atoms with Crippen molar-refractivity contribution in [3.05, 3.63) is 112 Å². The van der Waals surface area contributed by atoms with E-state index in [4.69, 9.17) is 5.10 Å². The molecule has 2 atom stereocenters. The van der Waals surface area contributed by atoms with Crippen LogP contribution in [-0.2, 0) is 4.79 Å². The van der Waals surface area contributed by atoms with Crippen LogP contribution in [0.3, 0.4) is 0 Å². The van der Waals surface area contributed by atoms with Gasteiger partial charge in [0.15, 0.2) is 0 Å². The number of benzene rings is 3. The van der Waals surface area contributed by atoms with Gasteiger partial charge in [0.1, 0.15) is 17.7 Å². The lowest BCUT2D eigenvalue weighted by atomic mass is 9.81. The number of hydrogen-bond donors (Lipinski definition) is 1. The third-order valence-corrected chi connectivity index (χ3v) is 6.93. The van der Waals surface area contributed by atoms with E-state index in [-0.39, 0.29) is 17.6 Å². The van der Waals surface area contributed by atoms with E-state index >= 15 is 0 Å². The molecule has 6 nitrogen and oxygen atoms in total. The van der Waals surface area contributed by atoms with Crippen LogP contribution in [0, 0.1) is 12.7 Å². The van der Waals surface area contributed by atoms with Gasteiger partial charge in [-0.3, -0.25) is 14.5 Å². The first-order valence-electron chi connectivity index (χ1n) is 11.7. The number of anilines is 1. The molecule has 2 amide bonds. The minimum atomic E-state index is -0.901. The fourth-order valence-electron chi connectivity index (χ4n) is 4.82. The van der Waals surface area contributed by atoms with Crippen LogP contribution in [0.15, 0.2) is 83.3 Å². The minimum absolute atomic E-state index is 0.250. The maximum absolute atomic E-state index is 14.0. The van der Waals surface area contributed by atoms with Crippen molar-refractivity contribution in [1.82, 2.24) is 15.1 Å². The molecule has 36 heavy (non-hydrogen) atoms. The Hall–Kier alpha value is -3.78. The van der Waals surface area contributed by atoms with Crippen LogP contribution in [0.4, 0.5) is 10.2 Å². The summed E-state index contributed by atoms with van der Waals surface area (Å²) in [5.41, 5.74) is 3.53. The van der Waals surface area contributed by atoms with Crippen LogP contribution in [-0.4, -0.2) is 34.2 Å². The second-order valence-electron chi connectivity index (χ2n) is 8.64. The summed E-state index contributed by atoms with van der Waals surface area (Å²) in [5, 5.41) is 7.78. The van der Waals surface area contributed by atoms with E-state index in [9.17, 15) is 14.0 Å². The molecule has 1 aliphatic heterocycles. The molecule has 0 unspecified atom stereocenters. The lowest BCUT2D eigenvalue weighted by Crippen LogP contribution is -2.55. The Kier molecular flexibility index (Phi) is 6.45. The molecule has 0 radical (unpaired) electrons. The Balaban J connectivity index is 1.68. The molecule has 8 heteroatoms. The van der Waals surface area contributed by atoms with Crippen molar-refractivity contribution >= 4 is 33.6 Å². The van der Waals surface area contributed by atoms with Crippen LogP contribution in [0.1, 0.15) is 40.0 Å². The van der Waals surface area contributed by atoms with Crippen molar-refractivity contribution in [3.63, 3.8) is 0 Å². The third kappa shape index (κ3) is 4.22. The summed E-state index contributed by atoms with van der Waals surface area (Å²) in [6.07, 6.45) is 0. The molecule has 0 saturated heterocycles. The Bertz CT molecular complexity index is 1440. The van der Waals surface area contributed by atoms with Crippen LogP contribution in [0.25, 0.3) is 5.69 Å². The van der Waals surface area contributed by atoms with Gasteiger partial charge in [0.25, 0.3) is 11.8 Å². The van der Waals surface area contributed by atoms with Crippen LogP contribution in [0.5, 0.6) is 0 Å². The van der Waals surface area contributed by atoms with Gasteiger partial charge < -0.3 is 5.32 Å². The molecule has 5 rings (SSSR count). The van der Waals surface area contributed by atoms with Gasteiger partial charge in [0.2, 0.25) is 0 Å². The number of aromatic nitrogens is 2. The number of carbonyl (C=O) groups is 2. The van der Waals surface area contributed by atoms with Gasteiger partial charge in [0.05, 0.1) is 11.4 Å². The summed E-state index contributed by atoms with van der Waals surface area (Å²) in [7, 11) is 0. The average molecular weight is 547 g/mol. The van der Waals surface area contributed by atoms with Gasteiger partial charge in [-0.25, -0.2) is 9.07 Å². The zero-order chi connectivity index (χ0) is 25.4. The number of para-hydroxylation sites is 1. The Morgan fingerprint density at radius 3 is 2.44 bits per heavy atom. The zero-order valence-corrected chi connectivity index (χ0v) is 21.4. The predicted molar refractivity (Wildman–Crippen MR) is 140 cm³/mol. The fraction of sp³-hybridized carbons (Fsp3) is 0.179. The van der Waals surface area contributed by atoms with E-state index in [1.54, 1.807) is 39.9 Å². The molecule has 182 valence electrons. The van der Waals surface area contributed by atoms with Crippen molar-refractivity contribution in [2.24, 2.45) is 0 Å². The normalized spacial score (nSPS) is 17.1. The number of nitrogens with one attached hydrogen (secondary N) is 1. The molecule has 0 saturated carbocycles. The van der Waals surface area contributed by atoms with Crippen molar-refractivity contribution in [2.75, 3.05) is 11.4 Å². The SMILES string of the molecule is CCN1C(=O)[C@@H](NC(=O)c2cccc(Br)c2)[C@@H](c2ccc(F)cc2)c2c(C)nn(-c3ccccc3)c21. The van der Waals surface area contributed by atoms with E-state index < -0.39 is 12.0 Å². The molecule has 1 aliphatic rings. The quantitative estimate of drug-likeness (QED) is 0.365. The molecule has 3 aromatic carbocycles. The highest BCUT2D eigenvalue weighted by atomic mass is 79.9. The largest absolute Gasteiger partial charge is 0.339 e. The Morgan fingerprint density at radius 1 is 1.06 bits per heavy atom. The maximum Gasteiger partial charge on any atom is 0.251 e. The van der Waals surface area contributed by atoms with E-state index in [1.165, 1.54) is 12.1 Å². The lowest BCUT2D eigenvalue weighted by molar-refractivity contribution is -0.121. The van der Waals surface area contributed by atoms with Crippen LogP contribution < -0.4 is 10.2 Å². The molecular weight excluding hydrogens is 523 g/mol. The van der Waals surface area contributed by atoms with E-state index in [0.717, 1.165) is 27.0 Å². The zero-order valence-electron chi connectivity index (χ0n) is 19.8. The van der Waals surface area contributed by atoms with Gasteiger partial charge >= 0.3 is 0 Å². The summed E-state index contributed by atoms with van der Waals surface area (Å²) in [6.45, 7) is 4.18. The second-order valence-corrected chi connectivity index (χ2v) is 9.56. The van der Waals surface area contributed by atoms with Crippen LogP contribution in [0.2, 0.25) is 0 Å². The van der Waals surface area contributed by atoms with E-state index in [0.29, 0.717) is 17.9 Å². The molecule has 0 spiro atoms. The topological polar surface area (TPSA) is 67.2 Å². The van der Waals surface area contributed by atoms with Crippen LogP contribution >= 0.6 is 15.9 Å². The summed E-state index contributed by atoms with van der Waals surface area (Å²) >= 11 is 3.40. The van der Waals surface area contributed by atoms with Gasteiger partial charge in [-0.05, 0) is 61.9 Å². The standard InChI is InChI=1S/C28H24BrFN4O2/c1-3-33-27-23(17(2)32-34(27)22-10-5-4-6-11-22)24(18-12-14-21(30)15-13-18)25(28(33)36)31-26(35)19-8-7-9-20(29)16-19/h4-16,24-25H,3H2,1-2H3,(H,31,35)/t24-,25-/m0/s1. The van der Waals surface area contributed by atoms with Gasteiger partial charge in [-0.2, -0.15) is 5.10 Å². The predicted octanol–water partition coefficient (Wildman–Crippen LogP) is 5.38. The van der Waals surface area contributed by atoms with Crippen molar-refractivity contribution in [2.45, 2.75) is 25.8 Å². The Labute approximate surface area is 216 Å². The van der Waals surface area contributed by atoms with Crippen molar-refractivity contribution < 1.29 is 14.0 Å². The third-order valence-electron chi connectivity index (χ3n) is 6.43. The smallest absolute Gasteiger partial charge is 0.251 e. The summed E-state index contributed by atoms with van der Waals surface area (Å²) in [6, 6.07) is 21.8. The summed E-state index contributed by atoms with van der Waals surface area (Å²) in [5.74, 6) is -0.880. The van der Waals surface area contributed by atoms with Gasteiger partial charge in [-0.15, -0.1) is 0 Å². The number of nitrogens with zero attached hydrogens (tertiary/aromatic N) is 3. The molecule has 1 aromatic heterocycles. The first-order chi connectivity index (χ1) is 17.4. The van der Waals surface area contributed by atoms with Crippen molar-refractivity contribution in [3.8, 4) is 5.69 Å². The average Bonchev–Trinajstić information content (AvgIpc) is 3.22. The number of likely N-dealkylation sites (N-methyl/N-ethyl adjacent to an activating group) is 1. The number of halogens is 2. The van der Waals surface area contributed by atoms with Gasteiger partial charge in [-0.1, -0.05) is 52.3 Å². The molecule has 0 fully saturated rings. The number of fused-ring (bicyclic) bond motifs is 1. The molecule has 4 aromatic rings. The molecule has 2 heterocycles. The van der Waals surface area contributed by atoms with E-state index in [2.05, 4.69) is 21.2 Å². The summed E-state index contributed by atoms with van der Waals surface area (Å²) < 4.78 is 16.4. The van der Waals surface area contributed by atoms with E-state index in [1.807, 2.05) is 50.2 Å². The lowest BCUT2D eigenvalue weighted by Gasteiger charge is -2.38. The highest BCUT2D eigenvalue weighted by Crippen LogP contribution is 2.43. The number of aryl methyl sites for hydroxylation is 1. The first-order valence-corrected chi connectivity index (χ1v) is 12.5. The number of hydrogen-bond acceptors (Lipinski definition) is 3. The number of rotatable bonds is 5. The number of carbonyl (C=O) groups excluding carboxylic acids is 2. The monoisotopic (exact) mass is 546 g/mol. The number of amides is 2.